The van der Waals surface area contributed by atoms with Gasteiger partial charge in [-0.05, 0) is 37.8 Å². The molecule has 1 aromatic carbocycles. The van der Waals surface area contributed by atoms with Crippen LogP contribution in [0.4, 0.5) is 4.79 Å². The number of amides is 3. The van der Waals surface area contributed by atoms with Crippen molar-refractivity contribution in [2.45, 2.75) is 38.8 Å². The van der Waals surface area contributed by atoms with Crippen molar-refractivity contribution in [3.63, 3.8) is 0 Å². The quantitative estimate of drug-likeness (QED) is 0.905. The van der Waals surface area contributed by atoms with Gasteiger partial charge in [0, 0.05) is 20.2 Å². The lowest BCUT2D eigenvalue weighted by Gasteiger charge is -2.31. The molecule has 0 aliphatic carbocycles. The van der Waals surface area contributed by atoms with Gasteiger partial charge in [-0.2, -0.15) is 0 Å². The Morgan fingerprint density at radius 3 is 2.77 bits per heavy atom. The van der Waals surface area contributed by atoms with E-state index in [9.17, 15) is 9.59 Å². The summed E-state index contributed by atoms with van der Waals surface area (Å²) in [6, 6.07) is 5.57. The van der Waals surface area contributed by atoms with E-state index >= 15 is 0 Å². The minimum absolute atomic E-state index is 0.00678. The lowest BCUT2D eigenvalue weighted by Crippen LogP contribution is -2.45. The first-order chi connectivity index (χ1) is 12.5. The molecule has 1 saturated heterocycles. The van der Waals surface area contributed by atoms with Crippen molar-refractivity contribution in [2.75, 3.05) is 26.7 Å². The van der Waals surface area contributed by atoms with E-state index in [4.69, 9.17) is 4.74 Å². The Hall–Kier alpha value is -2.34. The van der Waals surface area contributed by atoms with Gasteiger partial charge in [-0.1, -0.05) is 23.8 Å². The molecule has 3 aliphatic heterocycles. The van der Waals surface area contributed by atoms with Gasteiger partial charge < -0.3 is 15.0 Å². The van der Waals surface area contributed by atoms with E-state index in [1.54, 1.807) is 11.9 Å². The van der Waals surface area contributed by atoms with Gasteiger partial charge in [0.1, 0.15) is 0 Å². The maximum Gasteiger partial charge on any atom is 0.322 e. The van der Waals surface area contributed by atoms with Gasteiger partial charge >= 0.3 is 6.03 Å². The Bertz CT molecular complexity index is 795. The second-order valence-corrected chi connectivity index (χ2v) is 7.48. The highest BCUT2D eigenvalue weighted by Crippen LogP contribution is 2.37. The smallest absolute Gasteiger partial charge is 0.322 e. The van der Waals surface area contributed by atoms with Crippen LogP contribution in [-0.2, 0) is 9.53 Å². The highest BCUT2D eigenvalue weighted by molar-refractivity contribution is 6.01. The van der Waals surface area contributed by atoms with Crippen LogP contribution in [0.1, 0.15) is 35.6 Å². The molecule has 1 N–H and O–H groups in total. The molecule has 6 heteroatoms. The second-order valence-electron chi connectivity index (χ2n) is 7.48. The molecular formula is C20H25N3O3. The van der Waals surface area contributed by atoms with Gasteiger partial charge in [0.25, 0.3) is 5.91 Å². The molecule has 0 spiro atoms. The molecule has 1 fully saturated rings. The van der Waals surface area contributed by atoms with E-state index < -0.39 is 6.04 Å². The minimum Gasteiger partial charge on any atom is -0.376 e. The number of hydrogen-bond donors (Lipinski definition) is 1. The molecule has 138 valence electrons. The van der Waals surface area contributed by atoms with Crippen LogP contribution < -0.4 is 5.32 Å². The van der Waals surface area contributed by atoms with Crippen LogP contribution in [0, 0.1) is 13.8 Å². The number of rotatable bonds is 3. The topological polar surface area (TPSA) is 61.9 Å². The van der Waals surface area contributed by atoms with Crippen molar-refractivity contribution in [3.05, 3.63) is 46.2 Å². The number of likely N-dealkylation sites (N-methyl/N-ethyl adjacent to an activating group) is 1. The fourth-order valence-electron chi connectivity index (χ4n) is 4.19. The molecule has 26 heavy (non-hydrogen) atoms. The van der Waals surface area contributed by atoms with Crippen LogP contribution in [0.3, 0.4) is 0 Å². The summed E-state index contributed by atoms with van der Waals surface area (Å²) in [4.78, 5) is 29.1. The zero-order valence-electron chi connectivity index (χ0n) is 15.5. The molecular weight excluding hydrogens is 330 g/mol. The number of urea groups is 1. The summed E-state index contributed by atoms with van der Waals surface area (Å²) in [6.07, 6.45) is 2.14. The summed E-state index contributed by atoms with van der Waals surface area (Å²) in [5.41, 5.74) is 4.73. The number of nitrogens with zero attached hydrogens (tertiary/aromatic N) is 2. The third kappa shape index (κ3) is 2.78. The molecule has 0 unspecified atom stereocenters. The van der Waals surface area contributed by atoms with Crippen LogP contribution in [-0.4, -0.2) is 54.6 Å². The van der Waals surface area contributed by atoms with Crippen molar-refractivity contribution in [2.24, 2.45) is 0 Å². The van der Waals surface area contributed by atoms with Crippen LogP contribution >= 0.6 is 0 Å². The maximum absolute atomic E-state index is 13.2. The Kier molecular flexibility index (Phi) is 4.23. The van der Waals surface area contributed by atoms with E-state index in [1.807, 2.05) is 30.9 Å². The van der Waals surface area contributed by atoms with Gasteiger partial charge in [0.2, 0.25) is 0 Å². The third-order valence-corrected chi connectivity index (χ3v) is 5.62. The molecule has 4 rings (SSSR count). The van der Waals surface area contributed by atoms with E-state index in [0.29, 0.717) is 18.7 Å². The number of hydrogen-bond acceptors (Lipinski definition) is 3. The molecule has 3 heterocycles. The number of benzene rings is 1. The van der Waals surface area contributed by atoms with Gasteiger partial charge in [-0.25, -0.2) is 4.79 Å². The standard InChI is InChI=1S/C20H25N3O3/c1-12-6-7-15(13(2)9-12)18-17-16(22(3)20(25)21-18)11-23(19(17)24)10-14-5-4-8-26-14/h6-7,9,14,18H,4-5,8,10-11H2,1-3H3,(H,21,25)/t14-,18-/m1/s1. The van der Waals surface area contributed by atoms with E-state index in [0.717, 1.165) is 41.8 Å². The highest BCUT2D eigenvalue weighted by Gasteiger charge is 2.43. The maximum atomic E-state index is 13.2. The van der Waals surface area contributed by atoms with Crippen molar-refractivity contribution in [3.8, 4) is 0 Å². The number of ether oxygens (including phenoxy) is 1. The lowest BCUT2D eigenvalue weighted by molar-refractivity contribution is -0.127. The van der Waals surface area contributed by atoms with E-state index in [1.165, 1.54) is 0 Å². The summed E-state index contributed by atoms with van der Waals surface area (Å²) in [7, 11) is 1.73. The van der Waals surface area contributed by atoms with Crippen LogP contribution in [0.15, 0.2) is 29.5 Å². The average Bonchev–Trinajstić information content (AvgIpc) is 3.21. The van der Waals surface area contributed by atoms with Gasteiger partial charge in [0.15, 0.2) is 0 Å². The van der Waals surface area contributed by atoms with Crippen LogP contribution in [0.2, 0.25) is 0 Å². The average molecular weight is 355 g/mol. The van der Waals surface area contributed by atoms with Gasteiger partial charge in [-0.15, -0.1) is 0 Å². The molecule has 0 radical (unpaired) electrons. The lowest BCUT2D eigenvalue weighted by atomic mass is 9.91. The predicted molar refractivity (Wildman–Crippen MR) is 97.5 cm³/mol. The third-order valence-electron chi connectivity index (χ3n) is 5.62. The zero-order chi connectivity index (χ0) is 18.4. The SMILES string of the molecule is Cc1ccc([C@H]2NC(=O)N(C)C3=C2C(=O)N(C[C@H]2CCCO2)C3)c(C)c1. The van der Waals surface area contributed by atoms with Crippen molar-refractivity contribution >= 4 is 11.9 Å². The summed E-state index contributed by atoms with van der Waals surface area (Å²) in [5, 5.41) is 3.01. The summed E-state index contributed by atoms with van der Waals surface area (Å²) in [5.74, 6) is 0.00678. The largest absolute Gasteiger partial charge is 0.376 e. The van der Waals surface area contributed by atoms with Crippen LogP contribution in [0.5, 0.6) is 0 Å². The molecule has 0 saturated carbocycles. The molecule has 0 bridgehead atoms. The predicted octanol–water partition coefficient (Wildman–Crippen LogP) is 2.27. The van der Waals surface area contributed by atoms with Crippen molar-refractivity contribution < 1.29 is 14.3 Å². The van der Waals surface area contributed by atoms with E-state index in [-0.39, 0.29) is 18.0 Å². The molecule has 3 amide bonds. The molecule has 3 aliphatic rings. The second kappa shape index (κ2) is 6.43. The summed E-state index contributed by atoms with van der Waals surface area (Å²) >= 11 is 0. The van der Waals surface area contributed by atoms with Gasteiger partial charge in [0.05, 0.1) is 30.0 Å². The number of aryl methyl sites for hydroxylation is 2. The first-order valence-electron chi connectivity index (χ1n) is 9.21. The number of carbonyl (C=O) groups is 2. The molecule has 6 nitrogen and oxygen atoms in total. The zero-order valence-corrected chi connectivity index (χ0v) is 15.5. The monoisotopic (exact) mass is 355 g/mol. The highest BCUT2D eigenvalue weighted by atomic mass is 16.5. The summed E-state index contributed by atoms with van der Waals surface area (Å²) in [6.45, 7) is 5.90. The van der Waals surface area contributed by atoms with Crippen LogP contribution in [0.25, 0.3) is 0 Å². The number of carbonyl (C=O) groups excluding carboxylic acids is 2. The number of nitrogens with one attached hydrogen (secondary N) is 1. The first-order valence-corrected chi connectivity index (χ1v) is 9.21. The molecule has 0 aromatic heterocycles. The van der Waals surface area contributed by atoms with E-state index in [2.05, 4.69) is 11.4 Å². The van der Waals surface area contributed by atoms with Crippen molar-refractivity contribution in [1.29, 1.82) is 0 Å². The Labute approximate surface area is 153 Å². The first kappa shape index (κ1) is 17.1. The normalized spacial score (nSPS) is 25.8. The Morgan fingerprint density at radius 2 is 2.08 bits per heavy atom. The van der Waals surface area contributed by atoms with Crippen molar-refractivity contribution in [1.82, 2.24) is 15.1 Å². The fourth-order valence-corrected chi connectivity index (χ4v) is 4.19. The fraction of sp³-hybridized carbons (Fsp3) is 0.500. The minimum atomic E-state index is -0.392. The Balaban J connectivity index is 1.67. The molecule has 1 aromatic rings. The van der Waals surface area contributed by atoms with Gasteiger partial charge in [-0.3, -0.25) is 9.69 Å². The summed E-state index contributed by atoms with van der Waals surface area (Å²) < 4.78 is 5.70. The molecule has 2 atom stereocenters. The Morgan fingerprint density at radius 1 is 1.27 bits per heavy atom.